The van der Waals surface area contributed by atoms with Gasteiger partial charge >= 0.3 is 6.18 Å². The van der Waals surface area contributed by atoms with Gasteiger partial charge in [0.1, 0.15) is 6.54 Å². The van der Waals surface area contributed by atoms with E-state index in [-0.39, 0.29) is 12.5 Å². The maximum Gasteiger partial charge on any atom is 0.417 e. The fourth-order valence-electron chi connectivity index (χ4n) is 2.32. The summed E-state index contributed by atoms with van der Waals surface area (Å²) in [6.45, 7) is 1.79. The van der Waals surface area contributed by atoms with Crippen molar-refractivity contribution in [1.29, 1.82) is 0 Å². The molecule has 9 heteroatoms. The van der Waals surface area contributed by atoms with Crippen LogP contribution in [0.4, 0.5) is 13.2 Å². The third-order valence-electron chi connectivity index (χ3n) is 3.64. The number of aromatic nitrogens is 1. The molecule has 6 nitrogen and oxygen atoms in total. The van der Waals surface area contributed by atoms with Crippen molar-refractivity contribution < 1.29 is 22.8 Å². The summed E-state index contributed by atoms with van der Waals surface area (Å²) in [5.41, 5.74) is -0.651. The average molecular weight is 381 g/mol. The van der Waals surface area contributed by atoms with Crippen LogP contribution in [-0.4, -0.2) is 22.9 Å². The Hall–Kier alpha value is -3.10. The Bertz CT molecular complexity index is 891. The zero-order chi connectivity index (χ0) is 20.0. The first-order valence-electron chi connectivity index (χ1n) is 8.12. The molecule has 0 saturated heterocycles. The van der Waals surface area contributed by atoms with Gasteiger partial charge in [-0.1, -0.05) is 12.1 Å². The molecular formula is C18H18F3N3O3. The zero-order valence-corrected chi connectivity index (χ0v) is 14.5. The lowest BCUT2D eigenvalue weighted by atomic mass is 10.1. The van der Waals surface area contributed by atoms with E-state index < -0.39 is 29.8 Å². The van der Waals surface area contributed by atoms with Crippen LogP contribution in [0, 0.1) is 0 Å². The molecule has 0 aliphatic carbocycles. The number of hydrogen-bond donors (Lipinski definition) is 2. The largest absolute Gasteiger partial charge is 0.417 e. The number of halogens is 3. The maximum absolute atomic E-state index is 12.7. The lowest BCUT2D eigenvalue weighted by Gasteiger charge is -2.11. The molecule has 0 saturated carbocycles. The Morgan fingerprint density at radius 2 is 1.85 bits per heavy atom. The second-order valence-corrected chi connectivity index (χ2v) is 5.72. The molecule has 2 rings (SSSR count). The van der Waals surface area contributed by atoms with Crippen molar-refractivity contribution in [2.24, 2.45) is 0 Å². The minimum atomic E-state index is -4.61. The van der Waals surface area contributed by atoms with Gasteiger partial charge in [0.2, 0.25) is 5.91 Å². The first-order chi connectivity index (χ1) is 12.7. The lowest BCUT2D eigenvalue weighted by Crippen LogP contribution is -2.32. The molecule has 1 aromatic carbocycles. The lowest BCUT2D eigenvalue weighted by molar-refractivity contribution is -0.138. The topological polar surface area (TPSA) is 80.2 Å². The van der Waals surface area contributed by atoms with Crippen LogP contribution in [0.25, 0.3) is 0 Å². The molecule has 0 atom stereocenters. The molecule has 27 heavy (non-hydrogen) atoms. The highest BCUT2D eigenvalue weighted by atomic mass is 19.4. The van der Waals surface area contributed by atoms with E-state index in [1.54, 1.807) is 31.2 Å². The second-order valence-electron chi connectivity index (χ2n) is 5.72. The van der Waals surface area contributed by atoms with Gasteiger partial charge in [0, 0.05) is 30.9 Å². The van der Waals surface area contributed by atoms with Crippen molar-refractivity contribution in [3.05, 3.63) is 69.6 Å². The van der Waals surface area contributed by atoms with Crippen molar-refractivity contribution in [3.63, 3.8) is 0 Å². The summed E-state index contributed by atoms with van der Waals surface area (Å²) < 4.78 is 38.8. The molecule has 0 fully saturated rings. The predicted octanol–water partition coefficient (Wildman–Crippen LogP) is 1.93. The van der Waals surface area contributed by atoms with Gasteiger partial charge in [-0.2, -0.15) is 13.2 Å². The van der Waals surface area contributed by atoms with E-state index in [1.165, 1.54) is 0 Å². The Kier molecular flexibility index (Phi) is 6.38. The summed E-state index contributed by atoms with van der Waals surface area (Å²) in [7, 11) is 0. The molecule has 0 bridgehead atoms. The van der Waals surface area contributed by atoms with Crippen LogP contribution in [0.1, 0.15) is 28.4 Å². The Morgan fingerprint density at radius 3 is 2.52 bits per heavy atom. The van der Waals surface area contributed by atoms with E-state index >= 15 is 0 Å². The molecule has 1 heterocycles. The van der Waals surface area contributed by atoms with Crippen LogP contribution in [0.3, 0.4) is 0 Å². The molecule has 0 unspecified atom stereocenters. The van der Waals surface area contributed by atoms with E-state index in [4.69, 9.17) is 0 Å². The van der Waals surface area contributed by atoms with E-state index in [2.05, 4.69) is 10.6 Å². The van der Waals surface area contributed by atoms with Gasteiger partial charge in [0.05, 0.1) is 5.56 Å². The number of carbonyl (C=O) groups excluding carboxylic acids is 2. The Labute approximate surface area is 153 Å². The number of rotatable bonds is 6. The van der Waals surface area contributed by atoms with Crippen LogP contribution >= 0.6 is 0 Å². The minimum Gasteiger partial charge on any atom is -0.352 e. The number of nitrogens with zero attached hydrogens (tertiary/aromatic N) is 1. The van der Waals surface area contributed by atoms with E-state index in [1.807, 2.05) is 0 Å². The van der Waals surface area contributed by atoms with Crippen molar-refractivity contribution in [3.8, 4) is 0 Å². The molecule has 2 amide bonds. The van der Waals surface area contributed by atoms with Crippen LogP contribution in [0.5, 0.6) is 0 Å². The van der Waals surface area contributed by atoms with Crippen molar-refractivity contribution in [1.82, 2.24) is 15.2 Å². The third kappa shape index (κ3) is 5.70. The summed E-state index contributed by atoms with van der Waals surface area (Å²) in [4.78, 5) is 35.4. The van der Waals surface area contributed by atoms with E-state index in [0.29, 0.717) is 34.5 Å². The number of carbonyl (C=O) groups is 2. The van der Waals surface area contributed by atoms with Crippen molar-refractivity contribution in [2.45, 2.75) is 26.2 Å². The number of hydrogen-bond acceptors (Lipinski definition) is 3. The van der Waals surface area contributed by atoms with Crippen LogP contribution in [-0.2, 0) is 24.1 Å². The van der Waals surface area contributed by atoms with Gasteiger partial charge in [-0.3, -0.25) is 14.4 Å². The molecule has 144 valence electrons. The Morgan fingerprint density at radius 1 is 1.11 bits per heavy atom. The predicted molar refractivity (Wildman–Crippen MR) is 92.0 cm³/mol. The number of amides is 2. The second kappa shape index (κ2) is 8.52. The Balaban J connectivity index is 2.02. The van der Waals surface area contributed by atoms with Crippen LogP contribution in [0.15, 0.2) is 47.4 Å². The van der Waals surface area contributed by atoms with Gasteiger partial charge in [-0.05, 0) is 30.7 Å². The SMILES string of the molecule is CCNC(=O)c1cccc(CNC(=O)Cn2cc(C(F)(F)F)ccc2=O)c1. The fourth-order valence-corrected chi connectivity index (χ4v) is 2.32. The number of alkyl halides is 3. The smallest absolute Gasteiger partial charge is 0.352 e. The molecule has 2 aromatic rings. The zero-order valence-electron chi connectivity index (χ0n) is 14.5. The highest BCUT2D eigenvalue weighted by Crippen LogP contribution is 2.27. The maximum atomic E-state index is 12.7. The van der Waals surface area contributed by atoms with Gasteiger partial charge in [-0.15, -0.1) is 0 Å². The molecule has 0 spiro atoms. The number of benzene rings is 1. The van der Waals surface area contributed by atoms with Gasteiger partial charge in [0.15, 0.2) is 0 Å². The highest BCUT2D eigenvalue weighted by Gasteiger charge is 2.31. The van der Waals surface area contributed by atoms with Gasteiger partial charge < -0.3 is 15.2 Å². The molecule has 0 radical (unpaired) electrons. The monoisotopic (exact) mass is 381 g/mol. The fraction of sp³-hybridized carbons (Fsp3) is 0.278. The quantitative estimate of drug-likeness (QED) is 0.803. The molecule has 0 aliphatic rings. The highest BCUT2D eigenvalue weighted by molar-refractivity contribution is 5.94. The van der Waals surface area contributed by atoms with E-state index in [9.17, 15) is 27.6 Å². The molecule has 1 aromatic heterocycles. The standard InChI is InChI=1S/C18H18F3N3O3/c1-2-22-17(27)13-5-3-4-12(8-13)9-23-15(25)11-24-10-14(18(19,20)21)6-7-16(24)26/h3-8,10H,2,9,11H2,1H3,(H,22,27)(H,23,25). The van der Waals surface area contributed by atoms with Crippen LogP contribution < -0.4 is 16.2 Å². The number of nitrogens with one attached hydrogen (secondary N) is 2. The molecular weight excluding hydrogens is 363 g/mol. The molecule has 2 N–H and O–H groups in total. The molecule has 0 aliphatic heterocycles. The average Bonchev–Trinajstić information content (AvgIpc) is 2.61. The summed E-state index contributed by atoms with van der Waals surface area (Å²) >= 11 is 0. The van der Waals surface area contributed by atoms with Gasteiger partial charge in [-0.25, -0.2) is 0 Å². The summed E-state index contributed by atoms with van der Waals surface area (Å²) in [6, 6.07) is 8.01. The summed E-state index contributed by atoms with van der Waals surface area (Å²) in [5.74, 6) is -0.874. The van der Waals surface area contributed by atoms with Crippen molar-refractivity contribution in [2.75, 3.05) is 6.54 Å². The number of pyridine rings is 1. The van der Waals surface area contributed by atoms with E-state index in [0.717, 1.165) is 6.07 Å². The first kappa shape index (κ1) is 20.2. The summed E-state index contributed by atoms with van der Waals surface area (Å²) in [5, 5.41) is 5.17. The van der Waals surface area contributed by atoms with Gasteiger partial charge in [0.25, 0.3) is 11.5 Å². The minimum absolute atomic E-state index is 0.0692. The third-order valence-corrected chi connectivity index (χ3v) is 3.64. The summed E-state index contributed by atoms with van der Waals surface area (Å²) in [6.07, 6.45) is -4.00. The van der Waals surface area contributed by atoms with Crippen molar-refractivity contribution >= 4 is 11.8 Å². The van der Waals surface area contributed by atoms with Crippen LogP contribution in [0.2, 0.25) is 0 Å². The normalized spacial score (nSPS) is 11.1. The first-order valence-corrected chi connectivity index (χ1v) is 8.12.